The van der Waals surface area contributed by atoms with Gasteiger partial charge in [-0.3, -0.25) is 19.9 Å². The van der Waals surface area contributed by atoms with Crippen LogP contribution in [0.3, 0.4) is 0 Å². The number of anilines is 1. The number of nitrogens with zero attached hydrogens (tertiary/aromatic N) is 2. The number of quaternary nitrogens is 1. The molecule has 12 heteroatoms. The second-order valence-electron chi connectivity index (χ2n) is 7.80. The molecule has 4 rings (SSSR count). The summed E-state index contributed by atoms with van der Waals surface area (Å²) < 4.78 is 40.8. The molecule has 1 aromatic heterocycles. The molecule has 0 radical (unpaired) electrons. The quantitative estimate of drug-likeness (QED) is 0.180. The SMILES string of the molecule is Cc1nc2cc(N[N+](O)(S)c3ccccc3OC(F)(F)F)ccc2cc1C1CCC(=O)NC1=O. The molecule has 8 nitrogen and oxygen atoms in total. The van der Waals surface area contributed by atoms with E-state index in [9.17, 15) is 28.0 Å². The Morgan fingerprint density at radius 3 is 2.65 bits per heavy atom. The first kappa shape index (κ1) is 23.8. The van der Waals surface area contributed by atoms with Crippen molar-refractivity contribution < 1.29 is 32.7 Å². The minimum absolute atomic E-state index is 0.245. The highest BCUT2D eigenvalue weighted by atomic mass is 32.1. The number of aryl methyl sites for hydroxylation is 1. The number of thiol groups is 1. The van der Waals surface area contributed by atoms with Gasteiger partial charge in [0.1, 0.15) is 12.8 Å². The van der Waals surface area contributed by atoms with E-state index in [1.54, 1.807) is 25.1 Å². The smallest absolute Gasteiger partial charge is 0.399 e. The molecule has 3 aromatic rings. The number of alkyl halides is 3. The van der Waals surface area contributed by atoms with Crippen LogP contribution in [0.4, 0.5) is 24.5 Å². The molecule has 0 aliphatic carbocycles. The van der Waals surface area contributed by atoms with Gasteiger partial charge in [0.05, 0.1) is 17.1 Å². The summed E-state index contributed by atoms with van der Waals surface area (Å²) in [7, 11) is 0. The van der Waals surface area contributed by atoms with Crippen LogP contribution in [-0.4, -0.2) is 28.4 Å². The lowest BCUT2D eigenvalue weighted by Crippen LogP contribution is -2.42. The van der Waals surface area contributed by atoms with Gasteiger partial charge in [0.25, 0.3) is 0 Å². The number of nitrogens with one attached hydrogen (secondary N) is 2. The Labute approximate surface area is 197 Å². The highest BCUT2D eigenvalue weighted by Crippen LogP contribution is 2.38. The van der Waals surface area contributed by atoms with Crippen molar-refractivity contribution in [2.75, 3.05) is 5.43 Å². The summed E-state index contributed by atoms with van der Waals surface area (Å²) in [6, 6.07) is 11.7. The van der Waals surface area contributed by atoms with Gasteiger partial charge in [-0.15, -0.1) is 13.2 Å². The Bertz CT molecular complexity index is 1280. The van der Waals surface area contributed by atoms with Crippen LogP contribution in [0.25, 0.3) is 10.9 Å². The summed E-state index contributed by atoms with van der Waals surface area (Å²) >= 11 is 4.07. The van der Waals surface area contributed by atoms with Crippen molar-refractivity contribution in [3.05, 3.63) is 59.8 Å². The predicted octanol–water partition coefficient (Wildman–Crippen LogP) is 4.53. The number of rotatable bonds is 5. The third kappa shape index (κ3) is 5.08. The van der Waals surface area contributed by atoms with E-state index >= 15 is 0 Å². The molecule has 0 spiro atoms. The normalized spacial score (nSPS) is 18.4. The van der Waals surface area contributed by atoms with Gasteiger partial charge in [0.15, 0.2) is 5.75 Å². The lowest BCUT2D eigenvalue weighted by atomic mass is 9.89. The topological polar surface area (TPSA) is 101 Å². The van der Waals surface area contributed by atoms with E-state index in [-0.39, 0.29) is 23.9 Å². The van der Waals surface area contributed by atoms with Gasteiger partial charge < -0.3 is 4.74 Å². The highest BCUT2D eigenvalue weighted by molar-refractivity contribution is 7.79. The molecule has 3 N–H and O–H groups in total. The number of fused-ring (bicyclic) bond motifs is 1. The Morgan fingerprint density at radius 2 is 1.94 bits per heavy atom. The molecule has 178 valence electrons. The number of carbonyl (C=O) groups is 2. The van der Waals surface area contributed by atoms with Crippen molar-refractivity contribution in [3.8, 4) is 5.75 Å². The van der Waals surface area contributed by atoms with Crippen LogP contribution in [0.5, 0.6) is 5.75 Å². The molecule has 2 aromatic carbocycles. The molecule has 1 aliphatic rings. The zero-order valence-corrected chi connectivity index (χ0v) is 18.7. The van der Waals surface area contributed by atoms with E-state index in [1.807, 2.05) is 6.07 Å². The van der Waals surface area contributed by atoms with Crippen LogP contribution in [0, 0.1) is 6.92 Å². The van der Waals surface area contributed by atoms with Crippen molar-refractivity contribution in [2.24, 2.45) is 0 Å². The fraction of sp³-hybridized carbons (Fsp3) is 0.227. The van der Waals surface area contributed by atoms with Crippen LogP contribution in [0.1, 0.15) is 30.0 Å². The molecule has 1 saturated heterocycles. The molecule has 0 bridgehead atoms. The monoisotopic (exact) mass is 493 g/mol. The molecule has 1 aliphatic heterocycles. The van der Waals surface area contributed by atoms with Crippen molar-refractivity contribution in [3.63, 3.8) is 0 Å². The van der Waals surface area contributed by atoms with Crippen LogP contribution < -0.4 is 19.6 Å². The fourth-order valence-electron chi connectivity index (χ4n) is 3.86. The van der Waals surface area contributed by atoms with E-state index in [2.05, 4.69) is 33.3 Å². The standard InChI is InChI=1S/C22H19F3N4O4S/c1-12-16(15-8-9-20(30)27-21(15)31)10-13-6-7-14(11-17(13)26-12)28-29(32,34)18-4-2-3-5-19(18)33-22(23,24)25/h2-7,10-11,15,32,34H,8-9H2,1H3,(H-,26,27,28,30,31)/p+1. The number of hydrogen-bond acceptors (Lipinski definition) is 7. The van der Waals surface area contributed by atoms with Crippen molar-refractivity contribution in [1.82, 2.24) is 14.5 Å². The highest BCUT2D eigenvalue weighted by Gasteiger charge is 2.38. The zero-order chi connectivity index (χ0) is 24.7. The molecule has 2 heterocycles. The largest absolute Gasteiger partial charge is 0.573 e. The van der Waals surface area contributed by atoms with Crippen molar-refractivity contribution >= 4 is 46.9 Å². The van der Waals surface area contributed by atoms with E-state index in [0.717, 1.165) is 6.07 Å². The van der Waals surface area contributed by atoms with E-state index in [1.165, 1.54) is 18.2 Å². The fourth-order valence-corrected chi connectivity index (χ4v) is 4.14. The first-order valence-corrected chi connectivity index (χ1v) is 10.6. The number of carbonyl (C=O) groups excluding carboxylic acids is 2. The average molecular weight is 493 g/mol. The predicted molar refractivity (Wildman–Crippen MR) is 121 cm³/mol. The Morgan fingerprint density at radius 1 is 1.21 bits per heavy atom. The maximum absolute atomic E-state index is 12.8. The van der Waals surface area contributed by atoms with Gasteiger partial charge in [-0.1, -0.05) is 18.2 Å². The summed E-state index contributed by atoms with van der Waals surface area (Å²) in [4.78, 5) is 28.3. The second-order valence-corrected chi connectivity index (χ2v) is 8.38. The lowest BCUT2D eigenvalue weighted by molar-refractivity contribution is -0.274. The first-order valence-electron chi connectivity index (χ1n) is 10.2. The zero-order valence-electron chi connectivity index (χ0n) is 17.8. The van der Waals surface area contributed by atoms with Crippen LogP contribution in [0.2, 0.25) is 0 Å². The van der Waals surface area contributed by atoms with Crippen LogP contribution in [0.15, 0.2) is 48.5 Å². The summed E-state index contributed by atoms with van der Waals surface area (Å²) in [6.07, 6.45) is -4.31. The van der Waals surface area contributed by atoms with Gasteiger partial charge in [0, 0.05) is 27.7 Å². The number of imide groups is 1. The van der Waals surface area contributed by atoms with Gasteiger partial charge in [0.2, 0.25) is 17.5 Å². The Kier molecular flexibility index (Phi) is 6.14. The van der Waals surface area contributed by atoms with Gasteiger partial charge in [-0.25, -0.2) is 0 Å². The van der Waals surface area contributed by atoms with Crippen LogP contribution >= 0.6 is 12.8 Å². The average Bonchev–Trinajstić information content (AvgIpc) is 2.72. The second kappa shape index (κ2) is 8.78. The minimum atomic E-state index is -4.95. The lowest BCUT2D eigenvalue weighted by Gasteiger charge is -2.25. The maximum atomic E-state index is 12.8. The first-order chi connectivity index (χ1) is 15.9. The molecular formula is C22H20F3N4O4S+. The van der Waals surface area contributed by atoms with Crippen molar-refractivity contribution in [2.45, 2.75) is 32.0 Å². The van der Waals surface area contributed by atoms with E-state index in [4.69, 9.17) is 0 Å². The van der Waals surface area contributed by atoms with Crippen LogP contribution in [-0.2, 0) is 9.59 Å². The number of halogens is 3. The van der Waals surface area contributed by atoms with Gasteiger partial charge in [-0.2, -0.15) is 10.6 Å². The summed E-state index contributed by atoms with van der Waals surface area (Å²) in [5.41, 5.74) is 4.47. The van der Waals surface area contributed by atoms with E-state index < -0.39 is 22.2 Å². The van der Waals surface area contributed by atoms with Gasteiger partial charge in [-0.05, 0) is 43.2 Å². The molecule has 2 atom stereocenters. The molecular weight excluding hydrogens is 473 g/mol. The number of piperidine rings is 1. The third-order valence-corrected chi connectivity index (χ3v) is 5.69. The Balaban J connectivity index is 1.63. The number of para-hydroxylation sites is 2. The number of pyridine rings is 1. The molecule has 2 amide bonds. The van der Waals surface area contributed by atoms with Crippen molar-refractivity contribution in [1.29, 1.82) is 0 Å². The molecule has 2 unspecified atom stereocenters. The summed E-state index contributed by atoms with van der Waals surface area (Å²) in [5, 5.41) is 13.8. The number of amides is 2. The number of ether oxygens (including phenoxy) is 1. The third-order valence-electron chi connectivity index (χ3n) is 5.37. The van der Waals surface area contributed by atoms with E-state index in [0.29, 0.717) is 34.3 Å². The molecule has 0 saturated carbocycles. The number of hydrogen-bond donors (Lipinski definition) is 4. The number of aromatic nitrogens is 1. The molecule has 34 heavy (non-hydrogen) atoms. The maximum Gasteiger partial charge on any atom is 0.573 e. The minimum Gasteiger partial charge on any atom is -0.399 e. The number of benzene rings is 2. The molecule has 1 fully saturated rings. The van der Waals surface area contributed by atoms with Gasteiger partial charge >= 0.3 is 6.36 Å². The Hall–Kier alpha value is -3.35. The summed E-state index contributed by atoms with van der Waals surface area (Å²) in [6.45, 7) is 1.74. The summed E-state index contributed by atoms with van der Waals surface area (Å²) in [5.74, 6) is -1.78.